The van der Waals surface area contributed by atoms with Crippen molar-refractivity contribution in [3.63, 3.8) is 0 Å². The number of methoxy groups -OCH3 is 2. The van der Waals surface area contributed by atoms with E-state index in [0.717, 1.165) is 83.0 Å². The van der Waals surface area contributed by atoms with E-state index >= 15 is 8.78 Å². The lowest BCUT2D eigenvalue weighted by Gasteiger charge is -2.47. The molecule has 422 valence electrons. The number of nitrogens with one attached hydrogen (secondary N) is 3. The Hall–Kier alpha value is -6.88. The predicted octanol–water partition coefficient (Wildman–Crippen LogP) is 5.93. The van der Waals surface area contributed by atoms with Crippen molar-refractivity contribution in [3.8, 4) is 23.1 Å². The fraction of sp³-hybridized carbons (Fsp3) is 0.528. The maximum absolute atomic E-state index is 16.0. The van der Waals surface area contributed by atoms with Crippen LogP contribution in [0.2, 0.25) is 0 Å². The summed E-state index contributed by atoms with van der Waals surface area (Å²) in [6.07, 6.45) is -2.02. The molecule has 2 bridgehead atoms. The van der Waals surface area contributed by atoms with Gasteiger partial charge in [-0.25, -0.2) is 33.5 Å². The van der Waals surface area contributed by atoms with E-state index in [1.165, 1.54) is 0 Å². The Morgan fingerprint density at radius 2 is 1.47 bits per heavy atom. The molecule has 2 aromatic heterocycles. The highest BCUT2D eigenvalue weighted by Gasteiger charge is 2.56. The molecule has 6 atom stereocenters. The van der Waals surface area contributed by atoms with Gasteiger partial charge < -0.3 is 34.9 Å². The topological polar surface area (TPSA) is 206 Å². The van der Waals surface area contributed by atoms with Crippen LogP contribution in [0, 0.1) is 40.2 Å². The third kappa shape index (κ3) is 14.0. The molecular weight excluding hydrogens is 1040 g/mol. The standard InChI is InChI=1S/C53H63F7N10O8/c1-51(2,3)38(19-44(72)76-6)46(73)66-69(24-37-39(54)17-33(18-40(37)55)42-25-68(29-63-42)48(56)57)26-43(71)41(64-47(74)45(65-50(75)77-7)52(4,5)53(58,59)60)16-31-11-8-30(9-12-31)10-13-32-20-61-49(62-21-32)67-22-34-14-15-35(23-67)70(34)36-27-78-28-36/h8-9,11-12,17-18,20-21,25,29,34-36,38,41,43,45,48,71H,14-16,19,22-24,26-28H2,1-7H3,(H,64,74)(H,65,75)(H,66,73)/t34?,35?,38-,41+,43+,45-/m1/s1. The number of benzene rings is 2. The van der Waals surface area contributed by atoms with E-state index in [0.29, 0.717) is 59.2 Å². The summed E-state index contributed by atoms with van der Waals surface area (Å²) in [5.41, 5.74) is -1.04. The second-order valence-corrected chi connectivity index (χ2v) is 21.3. The second-order valence-electron chi connectivity index (χ2n) is 21.3. The molecule has 0 saturated carbocycles. The van der Waals surface area contributed by atoms with Crippen LogP contribution < -0.4 is 21.0 Å². The number of alkyl carbamates (subject to hydrolysis) is 1. The molecule has 0 radical (unpaired) electrons. The minimum absolute atomic E-state index is 0.199. The van der Waals surface area contributed by atoms with Crippen LogP contribution in [0.3, 0.4) is 0 Å². The number of fused-ring (bicyclic) bond motifs is 2. The highest BCUT2D eigenvalue weighted by atomic mass is 19.4. The first-order chi connectivity index (χ1) is 36.8. The Balaban J connectivity index is 1.16. The van der Waals surface area contributed by atoms with Gasteiger partial charge in [0.15, 0.2) is 0 Å². The van der Waals surface area contributed by atoms with Crippen LogP contribution in [0.4, 0.5) is 41.5 Å². The number of alkyl halides is 5. The molecule has 3 saturated heterocycles. The Morgan fingerprint density at radius 3 is 2.00 bits per heavy atom. The van der Waals surface area contributed by atoms with Crippen LogP contribution in [0.5, 0.6) is 0 Å². The van der Waals surface area contributed by atoms with Crippen LogP contribution in [0.25, 0.3) is 11.3 Å². The van der Waals surface area contributed by atoms with Crippen molar-refractivity contribution in [2.24, 2.45) is 16.7 Å². The summed E-state index contributed by atoms with van der Waals surface area (Å²) in [6.45, 7) is 4.76. The Labute approximate surface area is 446 Å². The molecule has 18 nitrogen and oxygen atoms in total. The molecule has 3 aliphatic heterocycles. The summed E-state index contributed by atoms with van der Waals surface area (Å²) in [5, 5.41) is 17.4. The van der Waals surface area contributed by atoms with Crippen LogP contribution in [-0.2, 0) is 41.6 Å². The number of esters is 1. The van der Waals surface area contributed by atoms with E-state index in [1.807, 2.05) is 5.32 Å². The average Bonchev–Trinajstić information content (AvgIpc) is 3.97. The molecular formula is C53H63F7N10O8. The third-order valence-corrected chi connectivity index (χ3v) is 14.5. The quantitative estimate of drug-likeness (QED) is 0.0372. The first-order valence-corrected chi connectivity index (χ1v) is 25.1. The molecule has 3 aliphatic rings. The van der Waals surface area contributed by atoms with E-state index in [4.69, 9.17) is 9.47 Å². The van der Waals surface area contributed by atoms with Crippen LogP contribution >= 0.6 is 0 Å². The van der Waals surface area contributed by atoms with Gasteiger partial charge in [0.2, 0.25) is 17.8 Å². The average molecular weight is 1100 g/mol. The summed E-state index contributed by atoms with van der Waals surface area (Å²) >= 11 is 0. The van der Waals surface area contributed by atoms with Gasteiger partial charge in [-0.15, -0.1) is 0 Å². The molecule has 5 heterocycles. The first-order valence-electron chi connectivity index (χ1n) is 25.1. The normalized spacial score (nSPS) is 18.6. The number of aliphatic hydroxyl groups excluding tert-OH is 1. The number of amides is 3. The van der Waals surface area contributed by atoms with E-state index in [1.54, 1.807) is 57.4 Å². The number of carbonyl (C=O) groups is 4. The molecule has 7 rings (SSSR count). The number of aliphatic hydroxyl groups is 1. The molecule has 2 unspecified atom stereocenters. The monoisotopic (exact) mass is 1100 g/mol. The number of ether oxygens (including phenoxy) is 3. The SMILES string of the molecule is COC(=O)C[C@H](C(=O)NN(Cc1c(F)cc(-c2cn(C(F)F)cn2)cc1F)C[C@H](O)[C@H](Cc1ccc(C#Cc2cnc(N3CC4CCC(C3)N4C3COC3)nc2)cc1)NC(=O)[C@@H](NC(=O)OC)C(C)(C)C(F)(F)F)C(C)(C)C. The zero-order chi connectivity index (χ0) is 56.9. The molecule has 3 amide bonds. The minimum Gasteiger partial charge on any atom is -0.469 e. The van der Waals surface area contributed by atoms with Crippen molar-refractivity contribution in [2.45, 2.75) is 116 Å². The van der Waals surface area contributed by atoms with Crippen molar-refractivity contribution in [2.75, 3.05) is 52.0 Å². The Kier molecular flexibility index (Phi) is 18.4. The van der Waals surface area contributed by atoms with Crippen LogP contribution in [0.1, 0.15) is 82.7 Å². The second kappa shape index (κ2) is 24.4. The van der Waals surface area contributed by atoms with Gasteiger partial charge in [-0.3, -0.25) is 29.3 Å². The number of halogens is 7. The number of rotatable bonds is 19. The number of imidazole rings is 1. The maximum atomic E-state index is 16.0. The summed E-state index contributed by atoms with van der Waals surface area (Å²) in [5.74, 6) is 0.0112. The number of piperazine rings is 1. The van der Waals surface area contributed by atoms with Crippen molar-refractivity contribution in [1.29, 1.82) is 0 Å². The minimum atomic E-state index is -5.09. The molecule has 2 aromatic carbocycles. The van der Waals surface area contributed by atoms with Crippen LogP contribution in [0.15, 0.2) is 61.3 Å². The number of hydrogen-bond donors (Lipinski definition) is 4. The van der Waals surface area contributed by atoms with Gasteiger partial charge in [0, 0.05) is 73.5 Å². The summed E-state index contributed by atoms with van der Waals surface area (Å²) < 4.78 is 118. The number of hydrazine groups is 1. The van der Waals surface area contributed by atoms with Gasteiger partial charge in [-0.2, -0.15) is 22.0 Å². The van der Waals surface area contributed by atoms with Crippen molar-refractivity contribution < 1.29 is 69.2 Å². The van der Waals surface area contributed by atoms with E-state index in [-0.39, 0.29) is 17.7 Å². The molecule has 0 spiro atoms. The number of anilines is 1. The first kappa shape index (κ1) is 58.8. The summed E-state index contributed by atoms with van der Waals surface area (Å²) in [4.78, 5) is 70.9. The fourth-order valence-electron chi connectivity index (χ4n) is 9.69. The van der Waals surface area contributed by atoms with E-state index in [9.17, 15) is 46.2 Å². The maximum Gasteiger partial charge on any atom is 0.407 e. The number of aromatic nitrogens is 4. The van der Waals surface area contributed by atoms with Crippen molar-refractivity contribution in [1.82, 2.24) is 45.5 Å². The summed E-state index contributed by atoms with van der Waals surface area (Å²) in [7, 11) is 1.99. The third-order valence-electron chi connectivity index (χ3n) is 14.5. The molecule has 78 heavy (non-hydrogen) atoms. The summed E-state index contributed by atoms with van der Waals surface area (Å²) in [6, 6.07) is 5.39. The zero-order valence-electron chi connectivity index (χ0n) is 44.0. The molecule has 4 aromatic rings. The molecule has 25 heteroatoms. The lowest BCUT2D eigenvalue weighted by molar-refractivity contribution is -0.220. The molecule has 4 N–H and O–H groups in total. The predicted molar refractivity (Wildman–Crippen MR) is 268 cm³/mol. The highest BCUT2D eigenvalue weighted by molar-refractivity contribution is 5.87. The van der Waals surface area contributed by atoms with Gasteiger partial charge in [0.05, 0.1) is 81.0 Å². The zero-order valence-corrected chi connectivity index (χ0v) is 44.0. The van der Waals surface area contributed by atoms with Gasteiger partial charge >= 0.3 is 24.8 Å². The number of hydrogen-bond acceptors (Lipinski definition) is 14. The number of nitrogens with zero attached hydrogens (tertiary/aromatic N) is 7. The van der Waals surface area contributed by atoms with Gasteiger partial charge in [-0.1, -0.05) is 44.7 Å². The molecule has 3 fully saturated rings. The van der Waals surface area contributed by atoms with Gasteiger partial charge in [-0.05, 0) is 68.4 Å². The highest BCUT2D eigenvalue weighted by Crippen LogP contribution is 2.41. The van der Waals surface area contributed by atoms with Crippen LogP contribution in [-0.4, -0.2) is 148 Å². The smallest absolute Gasteiger partial charge is 0.407 e. The lowest BCUT2D eigenvalue weighted by Crippen LogP contribution is -2.62. The largest absolute Gasteiger partial charge is 0.469 e. The molecule has 0 aliphatic carbocycles. The van der Waals surface area contributed by atoms with E-state index < -0.39 is 108 Å². The van der Waals surface area contributed by atoms with Gasteiger partial charge in [0.1, 0.15) is 17.7 Å². The Morgan fingerprint density at radius 1 is 0.859 bits per heavy atom. The lowest BCUT2D eigenvalue weighted by atomic mass is 9.78. The fourth-order valence-corrected chi connectivity index (χ4v) is 9.69. The Bertz CT molecular complexity index is 2800. The van der Waals surface area contributed by atoms with E-state index in [2.05, 4.69) is 52.1 Å². The van der Waals surface area contributed by atoms with Crippen molar-refractivity contribution >= 4 is 29.8 Å². The number of carbonyl (C=O) groups excluding carboxylic acids is 4. The van der Waals surface area contributed by atoms with Crippen molar-refractivity contribution in [3.05, 3.63) is 95.2 Å². The van der Waals surface area contributed by atoms with Gasteiger partial charge in [0.25, 0.3) is 0 Å².